The van der Waals surface area contributed by atoms with Crippen molar-refractivity contribution in [2.24, 2.45) is 5.92 Å². The van der Waals surface area contributed by atoms with Gasteiger partial charge >= 0.3 is 12.1 Å². The van der Waals surface area contributed by atoms with E-state index >= 15 is 0 Å². The number of methoxy groups -OCH3 is 1. The molecule has 1 N–H and O–H groups in total. The van der Waals surface area contributed by atoms with E-state index in [2.05, 4.69) is 4.74 Å². The van der Waals surface area contributed by atoms with Crippen LogP contribution in [0, 0.1) is 5.92 Å². The molecule has 0 aromatic rings. The summed E-state index contributed by atoms with van der Waals surface area (Å²) in [5.41, 5.74) is 0. The van der Waals surface area contributed by atoms with E-state index in [1.807, 2.05) is 0 Å². The van der Waals surface area contributed by atoms with Crippen molar-refractivity contribution in [3.63, 3.8) is 0 Å². The molecule has 0 spiro atoms. The molecule has 1 aliphatic rings. The maximum absolute atomic E-state index is 13.1. The second kappa shape index (κ2) is 4.23. The monoisotopic (exact) mass is 237 g/mol. The van der Waals surface area contributed by atoms with Gasteiger partial charge in [-0.2, -0.15) is 0 Å². The number of ether oxygens (including phenoxy) is 1. The number of nitrogens with zero attached hydrogens (tertiary/aromatic N) is 1. The zero-order valence-electron chi connectivity index (χ0n) is 8.94. The Labute approximate surface area is 91.0 Å². The van der Waals surface area contributed by atoms with Crippen molar-refractivity contribution in [3.8, 4) is 0 Å². The van der Waals surface area contributed by atoms with Crippen molar-refractivity contribution in [1.29, 1.82) is 0 Å². The average Bonchev–Trinajstić information content (AvgIpc) is 2.14. The first-order valence-corrected chi connectivity index (χ1v) is 4.73. The van der Waals surface area contributed by atoms with Crippen LogP contribution in [0.3, 0.4) is 0 Å². The predicted molar refractivity (Wildman–Crippen MR) is 49.3 cm³/mol. The van der Waals surface area contributed by atoms with E-state index in [1.165, 1.54) is 6.92 Å². The molecule has 0 bridgehead atoms. The van der Waals surface area contributed by atoms with E-state index in [-0.39, 0.29) is 0 Å². The molecule has 0 radical (unpaired) electrons. The van der Waals surface area contributed by atoms with Crippen molar-refractivity contribution >= 4 is 12.1 Å². The Kier molecular flexibility index (Phi) is 3.35. The van der Waals surface area contributed by atoms with Crippen LogP contribution in [0.1, 0.15) is 13.3 Å². The highest BCUT2D eigenvalue weighted by Gasteiger charge is 2.49. The van der Waals surface area contributed by atoms with Crippen molar-refractivity contribution in [2.45, 2.75) is 25.3 Å². The van der Waals surface area contributed by atoms with Gasteiger partial charge in [-0.3, -0.25) is 4.90 Å². The number of amides is 1. The molecule has 0 aliphatic carbocycles. The molecule has 92 valence electrons. The third kappa shape index (κ3) is 2.40. The number of hydrogen-bond acceptors (Lipinski definition) is 3. The van der Waals surface area contributed by atoms with Gasteiger partial charge in [0.25, 0.3) is 5.92 Å². The van der Waals surface area contributed by atoms with Gasteiger partial charge in [-0.15, -0.1) is 0 Å². The molecule has 2 unspecified atom stereocenters. The van der Waals surface area contributed by atoms with Crippen LogP contribution < -0.4 is 0 Å². The Morgan fingerprint density at radius 2 is 2.06 bits per heavy atom. The highest BCUT2D eigenvalue weighted by molar-refractivity contribution is 5.81. The molecule has 1 saturated heterocycles. The number of esters is 1. The van der Waals surface area contributed by atoms with Crippen molar-refractivity contribution in [2.75, 3.05) is 13.7 Å². The average molecular weight is 237 g/mol. The quantitative estimate of drug-likeness (QED) is 0.695. The van der Waals surface area contributed by atoms with Crippen LogP contribution in [0.5, 0.6) is 0 Å². The lowest BCUT2D eigenvalue weighted by Gasteiger charge is -2.39. The first-order chi connectivity index (χ1) is 7.28. The van der Waals surface area contributed by atoms with Crippen LogP contribution in [-0.2, 0) is 9.53 Å². The number of piperidine rings is 1. The third-order valence-corrected chi connectivity index (χ3v) is 2.59. The van der Waals surface area contributed by atoms with Gasteiger partial charge in [-0.25, -0.2) is 18.4 Å². The lowest BCUT2D eigenvalue weighted by Crippen LogP contribution is -2.58. The van der Waals surface area contributed by atoms with Crippen LogP contribution in [0.4, 0.5) is 13.6 Å². The fourth-order valence-electron chi connectivity index (χ4n) is 1.97. The summed E-state index contributed by atoms with van der Waals surface area (Å²) >= 11 is 0. The van der Waals surface area contributed by atoms with E-state index in [1.54, 1.807) is 0 Å². The molecule has 1 amide bonds. The summed E-state index contributed by atoms with van der Waals surface area (Å²) in [7, 11) is 1.10. The summed E-state index contributed by atoms with van der Waals surface area (Å²) in [6.07, 6.45) is -2.06. The van der Waals surface area contributed by atoms with Crippen LogP contribution in [-0.4, -0.2) is 47.7 Å². The molecule has 1 rings (SSSR count). The molecule has 0 saturated carbocycles. The smallest absolute Gasteiger partial charge is 0.408 e. The van der Waals surface area contributed by atoms with Crippen molar-refractivity contribution in [1.82, 2.24) is 4.90 Å². The number of carbonyl (C=O) groups is 2. The normalized spacial score (nSPS) is 28.6. The summed E-state index contributed by atoms with van der Waals surface area (Å²) in [6.45, 7) is 0.442. The van der Waals surface area contributed by atoms with Crippen molar-refractivity contribution < 1.29 is 28.2 Å². The minimum absolute atomic E-state index is 0.444. The Morgan fingerprint density at radius 1 is 1.50 bits per heavy atom. The molecular formula is C9H13F2NO4. The number of alkyl halides is 2. The maximum atomic E-state index is 13.1. The summed E-state index contributed by atoms with van der Waals surface area (Å²) in [6, 6.07) is -1.15. The van der Waals surface area contributed by atoms with Crippen LogP contribution in [0.25, 0.3) is 0 Å². The third-order valence-electron chi connectivity index (χ3n) is 2.59. The molecular weight excluding hydrogens is 224 g/mol. The first-order valence-electron chi connectivity index (χ1n) is 4.73. The zero-order chi connectivity index (χ0) is 12.5. The number of halogens is 2. The maximum Gasteiger partial charge on any atom is 0.408 e. The zero-order valence-corrected chi connectivity index (χ0v) is 8.94. The fourth-order valence-corrected chi connectivity index (χ4v) is 1.97. The van der Waals surface area contributed by atoms with Crippen LogP contribution in [0.2, 0.25) is 0 Å². The number of hydrogen-bond donors (Lipinski definition) is 1. The standard InChI is InChI=1S/C9H13F2NO4/c1-5-3-9(10,11)4-12(8(14)15)6(5)7(13)16-2/h5-6H,3-4H2,1-2H3,(H,14,15). The predicted octanol–water partition coefficient (Wildman–Crippen LogP) is 1.18. The number of likely N-dealkylation sites (tertiary alicyclic amines) is 1. The van der Waals surface area contributed by atoms with Gasteiger partial charge in [-0.1, -0.05) is 6.92 Å². The highest BCUT2D eigenvalue weighted by Crippen LogP contribution is 2.34. The topological polar surface area (TPSA) is 66.8 Å². The molecule has 1 heterocycles. The fraction of sp³-hybridized carbons (Fsp3) is 0.778. The van der Waals surface area contributed by atoms with Gasteiger partial charge in [0.2, 0.25) is 0 Å². The van der Waals surface area contributed by atoms with Gasteiger partial charge in [-0.05, 0) is 5.92 Å². The van der Waals surface area contributed by atoms with Crippen molar-refractivity contribution in [3.05, 3.63) is 0 Å². The summed E-state index contributed by atoms with van der Waals surface area (Å²) in [5.74, 6) is -4.67. The molecule has 1 aliphatic heterocycles. The number of carbonyl (C=O) groups excluding carboxylic acids is 1. The largest absolute Gasteiger partial charge is 0.467 e. The second-order valence-corrected chi connectivity index (χ2v) is 3.92. The summed E-state index contributed by atoms with van der Waals surface area (Å²) in [5, 5.41) is 8.79. The second-order valence-electron chi connectivity index (χ2n) is 3.92. The van der Waals surface area contributed by atoms with E-state index < -0.39 is 42.9 Å². The highest BCUT2D eigenvalue weighted by atomic mass is 19.3. The van der Waals surface area contributed by atoms with Gasteiger partial charge < -0.3 is 9.84 Å². The Hall–Kier alpha value is -1.40. The number of carboxylic acid groups (broad SMARTS) is 1. The summed E-state index contributed by atoms with van der Waals surface area (Å²) < 4.78 is 30.7. The van der Waals surface area contributed by atoms with Crippen LogP contribution in [0.15, 0.2) is 0 Å². The molecule has 5 nitrogen and oxygen atoms in total. The molecule has 0 aromatic carbocycles. The molecule has 0 aromatic heterocycles. The van der Waals surface area contributed by atoms with Crippen LogP contribution >= 0.6 is 0 Å². The Balaban J connectivity index is 2.96. The van der Waals surface area contributed by atoms with Gasteiger partial charge in [0.15, 0.2) is 0 Å². The van der Waals surface area contributed by atoms with E-state index in [0.29, 0.717) is 4.90 Å². The molecule has 16 heavy (non-hydrogen) atoms. The summed E-state index contributed by atoms with van der Waals surface area (Å²) in [4.78, 5) is 22.6. The molecule has 2 atom stereocenters. The minimum Gasteiger partial charge on any atom is -0.467 e. The molecule has 1 fully saturated rings. The van der Waals surface area contributed by atoms with Gasteiger partial charge in [0, 0.05) is 6.42 Å². The van der Waals surface area contributed by atoms with E-state index in [9.17, 15) is 18.4 Å². The number of rotatable bonds is 1. The van der Waals surface area contributed by atoms with E-state index in [4.69, 9.17) is 5.11 Å². The Morgan fingerprint density at radius 3 is 2.50 bits per heavy atom. The van der Waals surface area contributed by atoms with Gasteiger partial charge in [0.1, 0.15) is 6.04 Å². The van der Waals surface area contributed by atoms with E-state index in [0.717, 1.165) is 7.11 Å². The lowest BCUT2D eigenvalue weighted by atomic mass is 9.89. The van der Waals surface area contributed by atoms with Gasteiger partial charge in [0.05, 0.1) is 13.7 Å². The Bertz CT molecular complexity index is 308. The minimum atomic E-state index is -3.09. The molecule has 7 heteroatoms. The lowest BCUT2D eigenvalue weighted by molar-refractivity contribution is -0.158. The SMILES string of the molecule is COC(=O)C1C(C)CC(F)(F)CN1C(=O)O. The first kappa shape index (κ1) is 12.7.